The van der Waals surface area contributed by atoms with Gasteiger partial charge in [-0.3, -0.25) is 9.59 Å². The zero-order chi connectivity index (χ0) is 21.4. The van der Waals surface area contributed by atoms with Gasteiger partial charge in [0.05, 0.1) is 11.5 Å². The normalized spacial score (nSPS) is 12.1. The molecule has 2 aromatic carbocycles. The maximum Gasteiger partial charge on any atom is 0.306 e. The Labute approximate surface area is 170 Å². The zero-order valence-electron chi connectivity index (χ0n) is 16.3. The van der Waals surface area contributed by atoms with Crippen molar-refractivity contribution in [3.8, 4) is 5.75 Å². The van der Waals surface area contributed by atoms with E-state index in [2.05, 4.69) is 5.32 Å². The largest absolute Gasteiger partial charge is 0.494 e. The quantitative estimate of drug-likeness (QED) is 0.474. The van der Waals surface area contributed by atoms with Gasteiger partial charge in [0.25, 0.3) is 5.91 Å². The number of sulfonamides is 1. The van der Waals surface area contributed by atoms with Gasteiger partial charge >= 0.3 is 5.97 Å². The highest BCUT2D eigenvalue weighted by atomic mass is 32.2. The highest BCUT2D eigenvalue weighted by Crippen LogP contribution is 2.15. The van der Waals surface area contributed by atoms with Crippen LogP contribution in [0.5, 0.6) is 5.75 Å². The number of carbonyl (C=O) groups excluding carboxylic acids is 2. The van der Waals surface area contributed by atoms with Crippen LogP contribution in [-0.4, -0.2) is 33.0 Å². The molecule has 0 aliphatic rings. The number of benzene rings is 2. The molecule has 2 aromatic rings. The predicted molar refractivity (Wildman–Crippen MR) is 108 cm³/mol. The maximum absolute atomic E-state index is 12.2. The molecule has 0 aliphatic carbocycles. The van der Waals surface area contributed by atoms with E-state index in [0.29, 0.717) is 13.0 Å². The molecule has 0 unspecified atom stereocenters. The van der Waals surface area contributed by atoms with Crippen LogP contribution in [0.2, 0.25) is 0 Å². The first-order chi connectivity index (χ1) is 13.6. The van der Waals surface area contributed by atoms with Crippen molar-refractivity contribution in [3.63, 3.8) is 0 Å². The number of anilines is 1. The lowest BCUT2D eigenvalue weighted by Crippen LogP contribution is -2.30. The first kappa shape index (κ1) is 22.4. The molecule has 0 bridgehead atoms. The minimum atomic E-state index is -3.88. The third-order valence-corrected chi connectivity index (χ3v) is 4.80. The van der Waals surface area contributed by atoms with Gasteiger partial charge in [-0.15, -0.1) is 0 Å². The number of primary sulfonamides is 1. The lowest BCUT2D eigenvalue weighted by molar-refractivity contribution is -0.153. The lowest BCUT2D eigenvalue weighted by Gasteiger charge is -2.14. The molecule has 2 rings (SSSR count). The summed E-state index contributed by atoms with van der Waals surface area (Å²) in [6.07, 6.45) is -0.500. The van der Waals surface area contributed by atoms with Crippen LogP contribution >= 0.6 is 0 Å². The molecule has 8 nitrogen and oxygen atoms in total. The fraction of sp³-hybridized carbons (Fsp3) is 0.300. The SMILES string of the molecule is Cc1cccc(OCCCC(=O)O[C@H](C)C(=O)Nc2cccc(S(N)(=O)=O)c2)c1. The van der Waals surface area contributed by atoms with E-state index >= 15 is 0 Å². The second kappa shape index (κ2) is 10.0. The van der Waals surface area contributed by atoms with Gasteiger partial charge in [0.15, 0.2) is 6.10 Å². The summed E-state index contributed by atoms with van der Waals surface area (Å²) >= 11 is 0. The van der Waals surface area contributed by atoms with E-state index in [1.165, 1.54) is 31.2 Å². The van der Waals surface area contributed by atoms with E-state index < -0.39 is 28.0 Å². The molecule has 156 valence electrons. The lowest BCUT2D eigenvalue weighted by atomic mass is 10.2. The number of ether oxygens (including phenoxy) is 2. The Bertz CT molecular complexity index is 974. The van der Waals surface area contributed by atoms with E-state index in [9.17, 15) is 18.0 Å². The molecular weight excluding hydrogens is 396 g/mol. The molecule has 9 heteroatoms. The molecule has 1 atom stereocenters. The molecule has 0 aliphatic heterocycles. The van der Waals surface area contributed by atoms with E-state index in [-0.39, 0.29) is 17.0 Å². The van der Waals surface area contributed by atoms with Crippen LogP contribution in [0, 0.1) is 6.92 Å². The Morgan fingerprint density at radius 2 is 1.86 bits per heavy atom. The second-order valence-corrected chi connectivity index (χ2v) is 8.02. The van der Waals surface area contributed by atoms with E-state index in [1.807, 2.05) is 31.2 Å². The number of hydrogen-bond acceptors (Lipinski definition) is 6. The monoisotopic (exact) mass is 420 g/mol. The Balaban J connectivity index is 1.76. The number of aryl methyl sites for hydroxylation is 1. The minimum Gasteiger partial charge on any atom is -0.494 e. The highest BCUT2D eigenvalue weighted by Gasteiger charge is 2.18. The van der Waals surface area contributed by atoms with E-state index in [4.69, 9.17) is 14.6 Å². The van der Waals surface area contributed by atoms with Crippen molar-refractivity contribution >= 4 is 27.6 Å². The summed E-state index contributed by atoms with van der Waals surface area (Å²) in [4.78, 5) is 23.9. The van der Waals surface area contributed by atoms with Gasteiger partial charge in [-0.05, 0) is 56.2 Å². The van der Waals surface area contributed by atoms with Crippen molar-refractivity contribution in [3.05, 3.63) is 54.1 Å². The van der Waals surface area contributed by atoms with Crippen LogP contribution in [0.1, 0.15) is 25.3 Å². The summed E-state index contributed by atoms with van der Waals surface area (Å²) in [5, 5.41) is 7.56. The molecular formula is C20H24N2O6S. The standard InChI is InChI=1S/C20H24N2O6S/c1-14-6-3-8-17(12-14)27-11-5-10-19(23)28-15(2)20(24)22-16-7-4-9-18(13-16)29(21,25)26/h3-4,6-9,12-13,15H,5,10-11H2,1-2H3,(H,22,24)(H2,21,25,26)/t15-/m1/s1. The summed E-state index contributed by atoms with van der Waals surface area (Å²) in [7, 11) is -3.88. The Morgan fingerprint density at radius 1 is 1.14 bits per heavy atom. The average Bonchev–Trinajstić information content (AvgIpc) is 2.65. The summed E-state index contributed by atoms with van der Waals surface area (Å²) in [6, 6.07) is 13.1. The van der Waals surface area contributed by atoms with Crippen molar-refractivity contribution in [2.24, 2.45) is 5.14 Å². The number of hydrogen-bond donors (Lipinski definition) is 2. The number of esters is 1. The van der Waals surface area contributed by atoms with Gasteiger partial charge < -0.3 is 14.8 Å². The number of rotatable bonds is 9. The third kappa shape index (κ3) is 7.55. The van der Waals surface area contributed by atoms with Gasteiger partial charge in [-0.2, -0.15) is 0 Å². The molecule has 0 saturated carbocycles. The minimum absolute atomic E-state index is 0.102. The van der Waals surface area contributed by atoms with Crippen LogP contribution in [0.15, 0.2) is 53.4 Å². The fourth-order valence-corrected chi connectivity index (χ4v) is 2.98. The fourth-order valence-electron chi connectivity index (χ4n) is 2.42. The van der Waals surface area contributed by atoms with Gasteiger partial charge in [0, 0.05) is 12.1 Å². The summed E-state index contributed by atoms with van der Waals surface area (Å²) in [5.74, 6) is -0.382. The van der Waals surface area contributed by atoms with Gasteiger partial charge in [-0.1, -0.05) is 18.2 Å². The van der Waals surface area contributed by atoms with Crippen LogP contribution < -0.4 is 15.2 Å². The molecule has 3 N–H and O–H groups in total. The maximum atomic E-state index is 12.2. The summed E-state index contributed by atoms with van der Waals surface area (Å²) in [6.45, 7) is 3.74. The Hall–Kier alpha value is -2.91. The van der Waals surface area contributed by atoms with Crippen LogP contribution in [-0.2, 0) is 24.3 Å². The summed E-state index contributed by atoms with van der Waals surface area (Å²) in [5.41, 5.74) is 1.31. The number of amides is 1. The van der Waals surface area contributed by atoms with Crippen molar-refractivity contribution in [2.45, 2.75) is 37.7 Å². The molecule has 29 heavy (non-hydrogen) atoms. The van der Waals surface area contributed by atoms with Gasteiger partial charge in [0.2, 0.25) is 10.0 Å². The smallest absolute Gasteiger partial charge is 0.306 e. The molecule has 0 heterocycles. The average molecular weight is 420 g/mol. The van der Waals surface area contributed by atoms with Crippen molar-refractivity contribution in [1.82, 2.24) is 0 Å². The Kier molecular flexibility index (Phi) is 7.74. The van der Waals surface area contributed by atoms with E-state index in [0.717, 1.165) is 11.3 Å². The molecule has 0 spiro atoms. The van der Waals surface area contributed by atoms with Gasteiger partial charge in [-0.25, -0.2) is 13.6 Å². The van der Waals surface area contributed by atoms with Crippen molar-refractivity contribution in [2.75, 3.05) is 11.9 Å². The molecule has 0 aromatic heterocycles. The predicted octanol–water partition coefficient (Wildman–Crippen LogP) is 2.37. The van der Waals surface area contributed by atoms with E-state index in [1.54, 1.807) is 0 Å². The topological polar surface area (TPSA) is 125 Å². The Morgan fingerprint density at radius 3 is 2.55 bits per heavy atom. The second-order valence-electron chi connectivity index (χ2n) is 6.46. The van der Waals surface area contributed by atoms with Crippen LogP contribution in [0.3, 0.4) is 0 Å². The first-order valence-electron chi connectivity index (χ1n) is 8.98. The third-order valence-electron chi connectivity index (χ3n) is 3.89. The number of carbonyl (C=O) groups is 2. The molecule has 0 fully saturated rings. The van der Waals surface area contributed by atoms with Crippen LogP contribution in [0.25, 0.3) is 0 Å². The highest BCUT2D eigenvalue weighted by molar-refractivity contribution is 7.89. The van der Waals surface area contributed by atoms with Crippen LogP contribution in [0.4, 0.5) is 5.69 Å². The first-order valence-corrected chi connectivity index (χ1v) is 10.5. The molecule has 0 radical (unpaired) electrons. The van der Waals surface area contributed by atoms with Gasteiger partial charge in [0.1, 0.15) is 5.75 Å². The van der Waals surface area contributed by atoms with Crippen molar-refractivity contribution in [1.29, 1.82) is 0 Å². The number of nitrogens with two attached hydrogens (primary N) is 1. The number of nitrogens with one attached hydrogen (secondary N) is 1. The summed E-state index contributed by atoms with van der Waals surface area (Å²) < 4.78 is 33.4. The molecule has 0 saturated heterocycles. The molecule has 1 amide bonds. The zero-order valence-corrected chi connectivity index (χ0v) is 17.1. The van der Waals surface area contributed by atoms with Crippen molar-refractivity contribution < 1.29 is 27.5 Å².